The standard InChI is InChI=1S/C12H23N5O2S.HI/c1-13-12(15-7-5-11-20(2,18)19)14-6-3-9-17-10-4-8-16-17;/h4,8,10H,3,5-7,9,11H2,1-2H3,(H2,13,14,15);1H. The Morgan fingerprint density at radius 1 is 1.29 bits per heavy atom. The van der Waals surface area contributed by atoms with Crippen molar-refractivity contribution < 1.29 is 8.42 Å². The molecular weight excluding hydrogens is 405 g/mol. The average molecular weight is 429 g/mol. The summed E-state index contributed by atoms with van der Waals surface area (Å²) in [7, 11) is -1.19. The van der Waals surface area contributed by atoms with E-state index >= 15 is 0 Å². The Morgan fingerprint density at radius 3 is 2.48 bits per heavy atom. The highest BCUT2D eigenvalue weighted by atomic mass is 127. The Morgan fingerprint density at radius 2 is 1.95 bits per heavy atom. The van der Waals surface area contributed by atoms with Crippen LogP contribution in [0, 0.1) is 0 Å². The van der Waals surface area contributed by atoms with Gasteiger partial charge in [0.2, 0.25) is 0 Å². The Hall–Kier alpha value is -0.840. The van der Waals surface area contributed by atoms with Crippen molar-refractivity contribution in [3.63, 3.8) is 0 Å². The van der Waals surface area contributed by atoms with Gasteiger partial charge in [0.25, 0.3) is 0 Å². The van der Waals surface area contributed by atoms with Crippen LogP contribution in [0.5, 0.6) is 0 Å². The van der Waals surface area contributed by atoms with Crippen molar-refractivity contribution in [1.29, 1.82) is 0 Å². The molecule has 0 aromatic carbocycles. The number of halogens is 1. The maximum absolute atomic E-state index is 11.0. The molecule has 0 aliphatic carbocycles. The van der Waals surface area contributed by atoms with Crippen LogP contribution in [-0.2, 0) is 16.4 Å². The molecule has 21 heavy (non-hydrogen) atoms. The fourth-order valence-corrected chi connectivity index (χ4v) is 2.31. The molecule has 122 valence electrons. The monoisotopic (exact) mass is 429 g/mol. The summed E-state index contributed by atoms with van der Waals surface area (Å²) in [6, 6.07) is 1.90. The van der Waals surface area contributed by atoms with Crippen LogP contribution in [0.3, 0.4) is 0 Å². The van der Waals surface area contributed by atoms with Crippen molar-refractivity contribution in [2.45, 2.75) is 19.4 Å². The quantitative estimate of drug-likeness (QED) is 0.272. The number of hydrogen-bond acceptors (Lipinski definition) is 4. The molecule has 0 atom stereocenters. The SMILES string of the molecule is CN=C(NCCCn1cccn1)NCCCS(C)(=O)=O.I. The number of nitrogens with one attached hydrogen (secondary N) is 2. The minimum Gasteiger partial charge on any atom is -0.356 e. The lowest BCUT2D eigenvalue weighted by Gasteiger charge is -2.11. The number of sulfone groups is 1. The number of aromatic nitrogens is 2. The van der Waals surface area contributed by atoms with E-state index < -0.39 is 9.84 Å². The van der Waals surface area contributed by atoms with Crippen LogP contribution in [0.15, 0.2) is 23.5 Å². The normalized spacial score (nSPS) is 11.8. The zero-order valence-electron chi connectivity index (χ0n) is 12.4. The first-order valence-electron chi connectivity index (χ1n) is 6.61. The van der Waals surface area contributed by atoms with Gasteiger partial charge < -0.3 is 10.6 Å². The molecule has 0 saturated carbocycles. The second kappa shape index (κ2) is 10.8. The van der Waals surface area contributed by atoms with Gasteiger partial charge in [0.05, 0.1) is 5.75 Å². The third kappa shape index (κ3) is 10.5. The van der Waals surface area contributed by atoms with E-state index in [1.807, 2.05) is 16.9 Å². The topological polar surface area (TPSA) is 88.4 Å². The number of rotatable bonds is 8. The van der Waals surface area contributed by atoms with Gasteiger partial charge in [-0.05, 0) is 18.9 Å². The van der Waals surface area contributed by atoms with E-state index in [1.165, 1.54) is 6.26 Å². The molecule has 0 fully saturated rings. The smallest absolute Gasteiger partial charge is 0.190 e. The lowest BCUT2D eigenvalue weighted by atomic mass is 10.4. The molecule has 1 rings (SSSR count). The molecule has 0 amide bonds. The van der Waals surface area contributed by atoms with E-state index in [0.717, 1.165) is 19.5 Å². The average Bonchev–Trinajstić information content (AvgIpc) is 2.88. The van der Waals surface area contributed by atoms with E-state index in [2.05, 4.69) is 20.7 Å². The van der Waals surface area contributed by atoms with Crippen LogP contribution < -0.4 is 10.6 Å². The maximum atomic E-state index is 11.0. The summed E-state index contributed by atoms with van der Waals surface area (Å²) in [5.74, 6) is 0.884. The molecule has 0 spiro atoms. The highest BCUT2D eigenvalue weighted by Gasteiger charge is 2.02. The molecule has 1 aromatic rings. The summed E-state index contributed by atoms with van der Waals surface area (Å²) in [4.78, 5) is 4.08. The molecule has 9 heteroatoms. The number of aliphatic imine (C=N–C) groups is 1. The number of guanidine groups is 1. The third-order valence-corrected chi connectivity index (χ3v) is 3.65. The van der Waals surface area contributed by atoms with Crippen molar-refractivity contribution in [2.24, 2.45) is 4.99 Å². The van der Waals surface area contributed by atoms with Crippen molar-refractivity contribution in [1.82, 2.24) is 20.4 Å². The van der Waals surface area contributed by atoms with E-state index in [4.69, 9.17) is 0 Å². The first kappa shape index (κ1) is 20.2. The van der Waals surface area contributed by atoms with Gasteiger partial charge in [-0.15, -0.1) is 24.0 Å². The first-order valence-corrected chi connectivity index (χ1v) is 8.67. The Bertz CT molecular complexity index is 502. The minimum atomic E-state index is -2.88. The molecule has 0 radical (unpaired) electrons. The molecule has 2 N–H and O–H groups in total. The number of nitrogens with zero attached hydrogens (tertiary/aromatic N) is 3. The van der Waals surface area contributed by atoms with Gasteiger partial charge in [-0.2, -0.15) is 5.10 Å². The first-order chi connectivity index (χ1) is 9.51. The van der Waals surface area contributed by atoms with Crippen LogP contribution in [0.1, 0.15) is 12.8 Å². The highest BCUT2D eigenvalue weighted by Crippen LogP contribution is 1.89. The third-order valence-electron chi connectivity index (χ3n) is 2.62. The van der Waals surface area contributed by atoms with Gasteiger partial charge >= 0.3 is 0 Å². The molecule has 1 heterocycles. The summed E-state index contributed by atoms with van der Waals surface area (Å²) in [5, 5.41) is 10.4. The second-order valence-electron chi connectivity index (χ2n) is 4.53. The summed E-state index contributed by atoms with van der Waals surface area (Å²) < 4.78 is 23.9. The lowest BCUT2D eigenvalue weighted by Crippen LogP contribution is -2.38. The van der Waals surface area contributed by atoms with Crippen molar-refractivity contribution in [3.8, 4) is 0 Å². The van der Waals surface area contributed by atoms with Crippen LogP contribution in [-0.4, -0.2) is 56.3 Å². The van der Waals surface area contributed by atoms with Gasteiger partial charge in [-0.3, -0.25) is 9.67 Å². The van der Waals surface area contributed by atoms with E-state index in [9.17, 15) is 8.42 Å². The summed E-state index contributed by atoms with van der Waals surface area (Å²) in [5.41, 5.74) is 0. The van der Waals surface area contributed by atoms with Crippen molar-refractivity contribution in [3.05, 3.63) is 18.5 Å². The maximum Gasteiger partial charge on any atom is 0.190 e. The molecular formula is C12H24IN5O2S. The zero-order chi connectivity index (χ0) is 14.8. The molecule has 0 aliphatic rings. The lowest BCUT2D eigenvalue weighted by molar-refractivity contribution is 0.570. The molecule has 0 aliphatic heterocycles. The number of aryl methyl sites for hydroxylation is 1. The molecule has 0 bridgehead atoms. The molecule has 1 aromatic heterocycles. The van der Waals surface area contributed by atoms with Crippen LogP contribution in [0.25, 0.3) is 0 Å². The van der Waals surface area contributed by atoms with Crippen LogP contribution >= 0.6 is 24.0 Å². The van der Waals surface area contributed by atoms with Crippen molar-refractivity contribution >= 4 is 39.8 Å². The predicted octanol–water partition coefficient (Wildman–Crippen LogP) is 0.491. The van der Waals surface area contributed by atoms with Gasteiger partial charge in [0.1, 0.15) is 9.84 Å². The summed E-state index contributed by atoms with van der Waals surface area (Å²) >= 11 is 0. The minimum absolute atomic E-state index is 0. The highest BCUT2D eigenvalue weighted by molar-refractivity contribution is 14.0. The molecule has 7 nitrogen and oxygen atoms in total. The van der Waals surface area contributed by atoms with Crippen LogP contribution in [0.4, 0.5) is 0 Å². The van der Waals surface area contributed by atoms with Crippen LogP contribution in [0.2, 0.25) is 0 Å². The fourth-order valence-electron chi connectivity index (χ4n) is 1.64. The van der Waals surface area contributed by atoms with E-state index in [1.54, 1.807) is 13.2 Å². The zero-order valence-corrected chi connectivity index (χ0v) is 15.6. The Balaban J connectivity index is 0.00000400. The largest absolute Gasteiger partial charge is 0.356 e. The Kier molecular flexibility index (Phi) is 10.4. The van der Waals surface area contributed by atoms with Gasteiger partial charge in [-0.1, -0.05) is 0 Å². The molecule has 0 saturated heterocycles. The van der Waals surface area contributed by atoms with Crippen molar-refractivity contribution in [2.75, 3.05) is 32.1 Å². The molecule has 0 unspecified atom stereocenters. The van der Waals surface area contributed by atoms with E-state index in [-0.39, 0.29) is 29.7 Å². The predicted molar refractivity (Wildman–Crippen MR) is 96.0 cm³/mol. The Labute approximate surface area is 143 Å². The second-order valence-corrected chi connectivity index (χ2v) is 6.79. The van der Waals surface area contributed by atoms with Gasteiger partial charge in [0.15, 0.2) is 5.96 Å². The fraction of sp³-hybridized carbons (Fsp3) is 0.667. The summed E-state index contributed by atoms with van der Waals surface area (Å²) in [6.45, 7) is 2.22. The van der Waals surface area contributed by atoms with E-state index in [0.29, 0.717) is 18.9 Å². The number of hydrogen-bond donors (Lipinski definition) is 2. The summed E-state index contributed by atoms with van der Waals surface area (Å²) in [6.07, 6.45) is 6.45. The van der Waals surface area contributed by atoms with Gasteiger partial charge in [0, 0.05) is 45.3 Å². The van der Waals surface area contributed by atoms with Gasteiger partial charge in [-0.25, -0.2) is 8.42 Å².